The number of phenolic OH excluding ortho intramolecular Hbond substituents is 1. The highest BCUT2D eigenvalue weighted by molar-refractivity contribution is 7.98. The number of hydrogen-bond donors (Lipinski definition) is 1. The van der Waals surface area contributed by atoms with Crippen molar-refractivity contribution < 1.29 is 5.11 Å². The molecule has 0 unspecified atom stereocenters. The number of azo groups is 1. The molecule has 0 atom stereocenters. The Morgan fingerprint density at radius 3 is 2.56 bits per heavy atom. The molecule has 5 heteroatoms. The first-order chi connectivity index (χ1) is 8.70. The first kappa shape index (κ1) is 12.9. The van der Waals surface area contributed by atoms with Gasteiger partial charge in [-0.05, 0) is 36.6 Å². The van der Waals surface area contributed by atoms with Gasteiger partial charge in [0.05, 0.1) is 5.69 Å². The molecule has 2 aromatic rings. The Bertz CT molecular complexity index is 587. The average molecular weight is 279 g/mol. The summed E-state index contributed by atoms with van der Waals surface area (Å²) in [6, 6.07) is 12.4. The zero-order valence-electron chi connectivity index (χ0n) is 9.67. The SMILES string of the molecule is CSc1ccccc1N=Nc1cc(Cl)ccc1O. The molecule has 2 rings (SSSR count). The van der Waals surface area contributed by atoms with Crippen LogP contribution in [0.3, 0.4) is 0 Å². The summed E-state index contributed by atoms with van der Waals surface area (Å²) in [6.07, 6.45) is 1.98. The molecule has 0 heterocycles. The van der Waals surface area contributed by atoms with Crippen molar-refractivity contribution in [3.63, 3.8) is 0 Å². The topological polar surface area (TPSA) is 45.0 Å². The van der Waals surface area contributed by atoms with Gasteiger partial charge in [-0.25, -0.2) is 0 Å². The van der Waals surface area contributed by atoms with Gasteiger partial charge in [0, 0.05) is 9.92 Å². The summed E-state index contributed by atoms with van der Waals surface area (Å²) < 4.78 is 0. The lowest BCUT2D eigenvalue weighted by molar-refractivity contribution is 0.476. The lowest BCUT2D eigenvalue weighted by Gasteiger charge is -2.01. The van der Waals surface area contributed by atoms with Crippen LogP contribution in [0.5, 0.6) is 5.75 Å². The van der Waals surface area contributed by atoms with Gasteiger partial charge in [-0.3, -0.25) is 0 Å². The van der Waals surface area contributed by atoms with E-state index < -0.39 is 0 Å². The van der Waals surface area contributed by atoms with Gasteiger partial charge in [0.15, 0.2) is 0 Å². The Morgan fingerprint density at radius 1 is 1.06 bits per heavy atom. The van der Waals surface area contributed by atoms with Gasteiger partial charge in [-0.2, -0.15) is 0 Å². The minimum Gasteiger partial charge on any atom is -0.506 e. The van der Waals surface area contributed by atoms with E-state index in [0.29, 0.717) is 10.7 Å². The van der Waals surface area contributed by atoms with Crippen LogP contribution in [0.4, 0.5) is 11.4 Å². The molecule has 0 saturated carbocycles. The monoisotopic (exact) mass is 278 g/mol. The summed E-state index contributed by atoms with van der Waals surface area (Å²) >= 11 is 7.44. The fourth-order valence-electron chi connectivity index (χ4n) is 1.40. The van der Waals surface area contributed by atoms with Crippen molar-refractivity contribution in [2.24, 2.45) is 10.2 Å². The van der Waals surface area contributed by atoms with E-state index in [2.05, 4.69) is 10.2 Å². The van der Waals surface area contributed by atoms with Crippen molar-refractivity contribution in [1.82, 2.24) is 0 Å². The van der Waals surface area contributed by atoms with Crippen LogP contribution < -0.4 is 0 Å². The quantitative estimate of drug-likeness (QED) is 0.621. The lowest BCUT2D eigenvalue weighted by Crippen LogP contribution is -1.72. The summed E-state index contributed by atoms with van der Waals surface area (Å²) in [5, 5.41) is 18.3. The number of benzene rings is 2. The normalized spacial score (nSPS) is 11.0. The molecule has 1 N–H and O–H groups in total. The zero-order chi connectivity index (χ0) is 13.0. The van der Waals surface area contributed by atoms with E-state index in [9.17, 15) is 5.11 Å². The van der Waals surface area contributed by atoms with Crippen molar-refractivity contribution in [3.05, 3.63) is 47.5 Å². The highest BCUT2D eigenvalue weighted by Gasteiger charge is 2.02. The van der Waals surface area contributed by atoms with Gasteiger partial charge in [-0.15, -0.1) is 22.0 Å². The van der Waals surface area contributed by atoms with Crippen LogP contribution in [-0.4, -0.2) is 11.4 Å². The highest BCUT2D eigenvalue weighted by atomic mass is 35.5. The molecule has 2 aromatic carbocycles. The number of rotatable bonds is 3. The molecule has 0 radical (unpaired) electrons. The molecular weight excluding hydrogens is 268 g/mol. The minimum absolute atomic E-state index is 0.0600. The maximum atomic E-state index is 9.62. The van der Waals surface area contributed by atoms with Crippen LogP contribution in [0.2, 0.25) is 5.02 Å². The second-order valence-corrected chi connectivity index (χ2v) is 4.79. The third-order valence-corrected chi connectivity index (χ3v) is 3.31. The number of halogens is 1. The molecule has 0 bridgehead atoms. The molecule has 0 aliphatic heterocycles. The zero-order valence-corrected chi connectivity index (χ0v) is 11.2. The summed E-state index contributed by atoms with van der Waals surface area (Å²) in [6.45, 7) is 0. The van der Waals surface area contributed by atoms with Crippen LogP contribution in [0.1, 0.15) is 0 Å². The summed E-state index contributed by atoms with van der Waals surface area (Å²) in [5.74, 6) is 0.0600. The van der Waals surface area contributed by atoms with Crippen LogP contribution >= 0.6 is 23.4 Å². The molecule has 0 saturated heterocycles. The van der Waals surface area contributed by atoms with Crippen molar-refractivity contribution in [1.29, 1.82) is 0 Å². The standard InChI is InChI=1S/C13H11ClN2OS/c1-18-13-5-3-2-4-10(13)15-16-11-8-9(14)6-7-12(11)17/h2-8,17H,1H3. The first-order valence-corrected chi connectivity index (χ1v) is 6.84. The van der Waals surface area contributed by atoms with Gasteiger partial charge < -0.3 is 5.11 Å². The molecule has 0 amide bonds. The van der Waals surface area contributed by atoms with Crippen LogP contribution in [0, 0.1) is 0 Å². The predicted molar refractivity (Wildman–Crippen MR) is 75.5 cm³/mol. The second-order valence-electron chi connectivity index (χ2n) is 3.50. The van der Waals surface area contributed by atoms with Crippen LogP contribution in [0.15, 0.2) is 57.6 Å². The molecule has 0 aliphatic carbocycles. The van der Waals surface area contributed by atoms with Crippen LogP contribution in [0.25, 0.3) is 0 Å². The van der Waals surface area contributed by atoms with Crippen molar-refractivity contribution in [2.45, 2.75) is 4.90 Å². The molecule has 0 aromatic heterocycles. The maximum Gasteiger partial charge on any atom is 0.143 e. The van der Waals surface area contributed by atoms with E-state index in [1.54, 1.807) is 23.9 Å². The first-order valence-electron chi connectivity index (χ1n) is 5.24. The highest BCUT2D eigenvalue weighted by Crippen LogP contribution is 2.33. The fourth-order valence-corrected chi connectivity index (χ4v) is 2.10. The van der Waals surface area contributed by atoms with Gasteiger partial charge in [0.2, 0.25) is 0 Å². The number of thioether (sulfide) groups is 1. The van der Waals surface area contributed by atoms with E-state index in [1.807, 2.05) is 30.5 Å². The molecule has 0 fully saturated rings. The largest absolute Gasteiger partial charge is 0.506 e. The maximum absolute atomic E-state index is 9.62. The molecular formula is C13H11ClN2OS. The van der Waals surface area contributed by atoms with Gasteiger partial charge >= 0.3 is 0 Å². The Labute approximate surface area is 115 Å². The lowest BCUT2D eigenvalue weighted by atomic mass is 10.3. The fraction of sp³-hybridized carbons (Fsp3) is 0.0769. The summed E-state index contributed by atoms with van der Waals surface area (Å²) in [7, 11) is 0. The van der Waals surface area contributed by atoms with Crippen molar-refractivity contribution in [3.8, 4) is 5.75 Å². The number of phenols is 1. The third kappa shape index (κ3) is 3.03. The smallest absolute Gasteiger partial charge is 0.143 e. The Hall–Kier alpha value is -1.52. The van der Waals surface area contributed by atoms with Crippen LogP contribution in [-0.2, 0) is 0 Å². The van der Waals surface area contributed by atoms with Gasteiger partial charge in [0.1, 0.15) is 11.4 Å². The Balaban J connectivity index is 2.33. The minimum atomic E-state index is 0.0600. The Morgan fingerprint density at radius 2 is 1.78 bits per heavy atom. The van der Waals surface area contributed by atoms with E-state index in [4.69, 9.17) is 11.6 Å². The van der Waals surface area contributed by atoms with E-state index in [1.165, 1.54) is 6.07 Å². The molecule has 3 nitrogen and oxygen atoms in total. The van der Waals surface area contributed by atoms with Crippen molar-refractivity contribution >= 4 is 34.7 Å². The summed E-state index contributed by atoms with van der Waals surface area (Å²) in [4.78, 5) is 1.03. The third-order valence-electron chi connectivity index (χ3n) is 2.29. The molecule has 0 spiro atoms. The number of nitrogens with zero attached hydrogens (tertiary/aromatic N) is 2. The number of aromatic hydroxyl groups is 1. The van der Waals surface area contributed by atoms with E-state index >= 15 is 0 Å². The second kappa shape index (κ2) is 5.89. The van der Waals surface area contributed by atoms with Gasteiger partial charge in [0.25, 0.3) is 0 Å². The van der Waals surface area contributed by atoms with E-state index in [-0.39, 0.29) is 5.75 Å². The predicted octanol–water partition coefficient (Wildman–Crippen LogP) is 5.18. The summed E-state index contributed by atoms with van der Waals surface area (Å²) in [5.41, 5.74) is 1.13. The molecule has 0 aliphatic rings. The average Bonchev–Trinajstić information content (AvgIpc) is 2.40. The Kier molecular flexibility index (Phi) is 4.23. The van der Waals surface area contributed by atoms with E-state index in [0.717, 1.165) is 10.6 Å². The van der Waals surface area contributed by atoms with Gasteiger partial charge in [-0.1, -0.05) is 23.7 Å². The van der Waals surface area contributed by atoms with Crippen molar-refractivity contribution in [2.75, 3.05) is 6.26 Å². The molecule has 92 valence electrons. The number of hydrogen-bond acceptors (Lipinski definition) is 4. The molecule has 18 heavy (non-hydrogen) atoms.